The molecule has 2 atom stereocenters. The third-order valence-corrected chi connectivity index (χ3v) is 6.86. The van der Waals surface area contributed by atoms with Gasteiger partial charge >= 0.3 is 0 Å². The maximum absolute atomic E-state index is 6.46. The number of rotatable bonds is 8. The summed E-state index contributed by atoms with van der Waals surface area (Å²) in [6.45, 7) is 3.83. The highest BCUT2D eigenvalue weighted by molar-refractivity contribution is 6.31. The fourth-order valence-corrected chi connectivity index (χ4v) is 5.17. The second-order valence-electron chi connectivity index (χ2n) is 9.31. The molecule has 0 amide bonds. The van der Waals surface area contributed by atoms with Crippen LogP contribution in [-0.4, -0.2) is 35.1 Å². The Morgan fingerprint density at radius 2 is 1.86 bits per heavy atom. The average Bonchev–Trinajstić information content (AvgIpc) is 3.21. The fraction of sp³-hybridized carbons (Fsp3) is 0.370. The van der Waals surface area contributed by atoms with E-state index in [2.05, 4.69) is 59.1 Å². The summed E-state index contributed by atoms with van der Waals surface area (Å²) in [5, 5.41) is 10.5. The number of nitrogens with zero attached hydrogens (tertiary/aromatic N) is 1. The molecule has 0 radical (unpaired) electrons. The van der Waals surface area contributed by atoms with Crippen LogP contribution in [0.1, 0.15) is 36.6 Å². The lowest BCUT2D eigenvalue weighted by Crippen LogP contribution is -2.40. The van der Waals surface area contributed by atoms with E-state index < -0.39 is 0 Å². The van der Waals surface area contributed by atoms with Crippen LogP contribution < -0.4 is 16.4 Å². The third kappa shape index (κ3) is 6.22. The van der Waals surface area contributed by atoms with Crippen molar-refractivity contribution in [3.8, 4) is 0 Å². The first kappa shape index (κ1) is 27.6. The molecule has 2 aromatic heterocycles. The Bertz CT molecular complexity index is 1270. The molecule has 8 heteroatoms. The van der Waals surface area contributed by atoms with E-state index in [1.807, 2.05) is 12.1 Å². The zero-order chi connectivity index (χ0) is 22.8. The van der Waals surface area contributed by atoms with E-state index >= 15 is 0 Å². The van der Waals surface area contributed by atoms with E-state index in [1.54, 1.807) is 0 Å². The van der Waals surface area contributed by atoms with Crippen LogP contribution in [0.25, 0.3) is 21.8 Å². The number of benzene rings is 2. The summed E-state index contributed by atoms with van der Waals surface area (Å²) in [6, 6.07) is 14.7. The number of H-pyrrole nitrogens is 1. The number of hydrogen-bond donors (Lipinski definition) is 4. The maximum Gasteiger partial charge on any atom is 0.0741 e. The average molecular weight is 535 g/mol. The van der Waals surface area contributed by atoms with E-state index in [-0.39, 0.29) is 36.9 Å². The number of aryl methyl sites for hydroxylation is 1. The van der Waals surface area contributed by atoms with Gasteiger partial charge in [0.2, 0.25) is 0 Å². The predicted octanol–water partition coefficient (Wildman–Crippen LogP) is 6.05. The summed E-state index contributed by atoms with van der Waals surface area (Å²) in [6.07, 6.45) is 7.48. The minimum Gasteiger partial charge on any atom is -0.380 e. The summed E-state index contributed by atoms with van der Waals surface area (Å²) in [5.41, 5.74) is 13.7. The molecule has 2 heterocycles. The molecule has 35 heavy (non-hydrogen) atoms. The molecule has 0 bridgehead atoms. The van der Waals surface area contributed by atoms with E-state index in [4.69, 9.17) is 22.3 Å². The second-order valence-corrected chi connectivity index (χ2v) is 9.74. The van der Waals surface area contributed by atoms with Crippen molar-refractivity contribution in [1.82, 2.24) is 15.3 Å². The van der Waals surface area contributed by atoms with Gasteiger partial charge in [-0.2, -0.15) is 0 Å². The van der Waals surface area contributed by atoms with Crippen molar-refractivity contribution in [2.45, 2.75) is 51.1 Å². The molecule has 5 nitrogen and oxygen atoms in total. The van der Waals surface area contributed by atoms with Gasteiger partial charge in [0.15, 0.2) is 0 Å². The smallest absolute Gasteiger partial charge is 0.0741 e. The number of pyridine rings is 1. The van der Waals surface area contributed by atoms with Crippen molar-refractivity contribution in [2.75, 3.05) is 18.4 Å². The highest BCUT2D eigenvalue weighted by Crippen LogP contribution is 2.34. The van der Waals surface area contributed by atoms with Gasteiger partial charge in [-0.15, -0.1) is 24.8 Å². The van der Waals surface area contributed by atoms with E-state index in [9.17, 15) is 0 Å². The van der Waals surface area contributed by atoms with Gasteiger partial charge < -0.3 is 21.4 Å². The van der Waals surface area contributed by atoms with Gasteiger partial charge in [0, 0.05) is 64.1 Å². The standard InChI is InChI=1S/C27H32ClN5.2ClH/c1-17(14-30-16-20(29)12-18-15-31-24-8-4-2-6-21(18)24)32-27-22-7-3-5-9-25(22)33-26-13-19(28)10-11-23(26)27;;/h2,4,6,8,10-11,13,15,17,20,30-31H,3,5,7,9,12,14,16,29H2,1H3,(H,32,33);2*1H. The fourth-order valence-electron chi connectivity index (χ4n) is 5.00. The molecule has 0 saturated heterocycles. The molecule has 0 spiro atoms. The Labute approximate surface area is 224 Å². The number of aromatic amines is 1. The van der Waals surface area contributed by atoms with Crippen molar-refractivity contribution in [3.05, 3.63) is 70.5 Å². The van der Waals surface area contributed by atoms with Gasteiger partial charge in [-0.1, -0.05) is 29.8 Å². The maximum atomic E-state index is 6.46. The highest BCUT2D eigenvalue weighted by atomic mass is 35.5. The topological polar surface area (TPSA) is 78.8 Å². The number of nitrogens with two attached hydrogens (primary N) is 1. The predicted molar refractivity (Wildman–Crippen MR) is 154 cm³/mol. The molecule has 0 fully saturated rings. The summed E-state index contributed by atoms with van der Waals surface area (Å²) >= 11 is 6.26. The molecule has 0 aliphatic heterocycles. The van der Waals surface area contributed by atoms with E-state index in [0.29, 0.717) is 0 Å². The van der Waals surface area contributed by atoms with Crippen molar-refractivity contribution < 1.29 is 0 Å². The molecule has 2 aromatic carbocycles. The summed E-state index contributed by atoms with van der Waals surface area (Å²) in [4.78, 5) is 8.27. The van der Waals surface area contributed by atoms with Crippen LogP contribution in [0, 0.1) is 0 Å². The third-order valence-electron chi connectivity index (χ3n) is 6.63. The van der Waals surface area contributed by atoms with Gasteiger partial charge in [-0.05, 0) is 74.4 Å². The number of nitrogens with one attached hydrogen (secondary N) is 3. The molecule has 2 unspecified atom stereocenters. The van der Waals surface area contributed by atoms with E-state index in [1.165, 1.54) is 46.3 Å². The summed E-state index contributed by atoms with van der Waals surface area (Å²) in [5.74, 6) is 0. The van der Waals surface area contributed by atoms with Crippen LogP contribution >= 0.6 is 36.4 Å². The van der Waals surface area contributed by atoms with Gasteiger partial charge in [0.25, 0.3) is 0 Å². The quantitative estimate of drug-likeness (QED) is 0.222. The molecule has 5 N–H and O–H groups in total. The van der Waals surface area contributed by atoms with Crippen LogP contribution in [0.15, 0.2) is 48.7 Å². The first-order valence-electron chi connectivity index (χ1n) is 12.0. The lowest BCUT2D eigenvalue weighted by molar-refractivity contribution is 0.555. The number of anilines is 1. The monoisotopic (exact) mass is 533 g/mol. The second kappa shape index (κ2) is 12.3. The van der Waals surface area contributed by atoms with Gasteiger partial charge in [-0.25, -0.2) is 0 Å². The minimum atomic E-state index is 0. The molecule has 188 valence electrons. The Hall–Kier alpha value is -2.02. The molecule has 1 aliphatic rings. The van der Waals surface area contributed by atoms with Crippen molar-refractivity contribution in [3.63, 3.8) is 0 Å². The van der Waals surface area contributed by atoms with Crippen LogP contribution in [-0.2, 0) is 19.3 Å². The zero-order valence-corrected chi connectivity index (χ0v) is 22.3. The zero-order valence-electron chi connectivity index (χ0n) is 19.9. The highest BCUT2D eigenvalue weighted by Gasteiger charge is 2.19. The van der Waals surface area contributed by atoms with Crippen molar-refractivity contribution in [2.24, 2.45) is 5.73 Å². The number of para-hydroxylation sites is 1. The Morgan fingerprint density at radius 1 is 1.06 bits per heavy atom. The normalized spacial score (nSPS) is 14.6. The summed E-state index contributed by atoms with van der Waals surface area (Å²) in [7, 11) is 0. The number of halogens is 3. The Balaban J connectivity index is 0.00000171. The molecule has 5 rings (SSSR count). The van der Waals surface area contributed by atoms with Crippen LogP contribution in [0.2, 0.25) is 5.02 Å². The summed E-state index contributed by atoms with van der Waals surface area (Å²) < 4.78 is 0. The molecular weight excluding hydrogens is 501 g/mol. The van der Waals surface area contributed by atoms with Gasteiger partial charge in [-0.3, -0.25) is 4.98 Å². The number of aromatic nitrogens is 2. The van der Waals surface area contributed by atoms with Crippen LogP contribution in [0.3, 0.4) is 0 Å². The molecular formula is C27H34Cl3N5. The SMILES string of the molecule is CC(CNCC(N)Cc1c[nH]c2ccccc12)Nc1c2c(nc3cc(Cl)ccc13)CCCC2.Cl.Cl. The van der Waals surface area contributed by atoms with Crippen molar-refractivity contribution >= 4 is 63.9 Å². The number of fused-ring (bicyclic) bond motifs is 3. The van der Waals surface area contributed by atoms with Crippen molar-refractivity contribution in [1.29, 1.82) is 0 Å². The molecule has 4 aromatic rings. The molecule has 0 saturated carbocycles. The number of hydrogen-bond acceptors (Lipinski definition) is 4. The van der Waals surface area contributed by atoms with Gasteiger partial charge in [0.05, 0.1) is 5.52 Å². The Kier molecular flexibility index (Phi) is 9.68. The lowest BCUT2D eigenvalue weighted by atomic mass is 9.92. The first-order chi connectivity index (χ1) is 16.1. The Morgan fingerprint density at radius 3 is 2.71 bits per heavy atom. The van der Waals surface area contributed by atoms with Gasteiger partial charge in [0.1, 0.15) is 0 Å². The van der Waals surface area contributed by atoms with E-state index in [0.717, 1.165) is 48.3 Å². The molecule has 1 aliphatic carbocycles. The largest absolute Gasteiger partial charge is 0.380 e. The first-order valence-corrected chi connectivity index (χ1v) is 12.3. The lowest BCUT2D eigenvalue weighted by Gasteiger charge is -2.25. The minimum absolute atomic E-state index is 0. The van der Waals surface area contributed by atoms with Crippen LogP contribution in [0.5, 0.6) is 0 Å². The van der Waals surface area contributed by atoms with Crippen LogP contribution in [0.4, 0.5) is 5.69 Å².